The fourth-order valence-corrected chi connectivity index (χ4v) is 2.20. The van der Waals surface area contributed by atoms with E-state index in [-0.39, 0.29) is 5.82 Å². The monoisotopic (exact) mass is 249 g/mol. The van der Waals surface area contributed by atoms with E-state index in [0.717, 1.165) is 16.2 Å². The van der Waals surface area contributed by atoms with E-state index in [0.29, 0.717) is 12.3 Å². The van der Waals surface area contributed by atoms with Gasteiger partial charge in [0.25, 0.3) is 0 Å². The molecule has 0 saturated carbocycles. The van der Waals surface area contributed by atoms with Crippen molar-refractivity contribution in [3.05, 3.63) is 53.7 Å². The Morgan fingerprint density at radius 2 is 2.06 bits per heavy atom. The van der Waals surface area contributed by atoms with Crippen LogP contribution in [0.2, 0.25) is 0 Å². The molecule has 2 aromatic rings. The molecule has 0 aliphatic heterocycles. The van der Waals surface area contributed by atoms with Crippen molar-refractivity contribution in [3.8, 4) is 0 Å². The van der Waals surface area contributed by atoms with Crippen LogP contribution in [0.5, 0.6) is 0 Å². The van der Waals surface area contributed by atoms with Gasteiger partial charge < -0.3 is 5.73 Å². The maximum Gasteiger partial charge on any atom is 0.123 e. The Bertz CT molecular complexity index is 490. The van der Waals surface area contributed by atoms with Gasteiger partial charge in [-0.3, -0.25) is 0 Å². The van der Waals surface area contributed by atoms with Gasteiger partial charge in [0, 0.05) is 18.5 Å². The normalized spacial score (nSPS) is 10.5. The molecule has 0 atom stereocenters. The van der Waals surface area contributed by atoms with Gasteiger partial charge in [0.15, 0.2) is 0 Å². The molecule has 0 unspecified atom stereocenters. The maximum absolute atomic E-state index is 13.3. The van der Waals surface area contributed by atoms with E-state index in [4.69, 9.17) is 5.73 Å². The summed E-state index contributed by atoms with van der Waals surface area (Å²) in [5.74, 6) is 0.424. The Balaban J connectivity index is 2.06. The van der Waals surface area contributed by atoms with Gasteiger partial charge in [0.2, 0.25) is 0 Å². The molecule has 1 aromatic carbocycles. The van der Waals surface area contributed by atoms with Gasteiger partial charge in [0.1, 0.15) is 12.1 Å². The van der Waals surface area contributed by atoms with Crippen LogP contribution in [-0.2, 0) is 12.3 Å². The Morgan fingerprint density at radius 3 is 2.76 bits per heavy atom. The van der Waals surface area contributed by atoms with Crippen molar-refractivity contribution in [2.75, 3.05) is 0 Å². The molecule has 0 aliphatic rings. The molecule has 0 amide bonds. The quantitative estimate of drug-likeness (QED) is 0.667. The standard InChI is InChI=1S/C12H12FN3S/c13-11-4-9(6-14)3-10(5-11)7-17-12-1-2-15-8-16-12/h1-5,8H,6-7,14H2. The number of thioether (sulfide) groups is 1. The van der Waals surface area contributed by atoms with Crippen molar-refractivity contribution >= 4 is 11.8 Å². The van der Waals surface area contributed by atoms with Gasteiger partial charge >= 0.3 is 0 Å². The summed E-state index contributed by atoms with van der Waals surface area (Å²) in [4.78, 5) is 7.93. The highest BCUT2D eigenvalue weighted by atomic mass is 32.2. The molecular weight excluding hydrogens is 237 g/mol. The molecule has 0 spiro atoms. The van der Waals surface area contributed by atoms with E-state index in [9.17, 15) is 4.39 Å². The zero-order valence-electron chi connectivity index (χ0n) is 9.14. The summed E-state index contributed by atoms with van der Waals surface area (Å²) in [5.41, 5.74) is 7.22. The highest BCUT2D eigenvalue weighted by Crippen LogP contribution is 2.21. The van der Waals surface area contributed by atoms with E-state index in [1.807, 2.05) is 12.1 Å². The molecule has 2 rings (SSSR count). The summed E-state index contributed by atoms with van der Waals surface area (Å²) in [7, 11) is 0. The average molecular weight is 249 g/mol. The fraction of sp³-hybridized carbons (Fsp3) is 0.167. The molecule has 3 nitrogen and oxygen atoms in total. The first kappa shape index (κ1) is 12.0. The highest BCUT2D eigenvalue weighted by molar-refractivity contribution is 7.98. The lowest BCUT2D eigenvalue weighted by Gasteiger charge is -2.04. The van der Waals surface area contributed by atoms with E-state index in [2.05, 4.69) is 9.97 Å². The van der Waals surface area contributed by atoms with Gasteiger partial charge in [-0.25, -0.2) is 14.4 Å². The highest BCUT2D eigenvalue weighted by Gasteiger charge is 2.01. The molecule has 2 N–H and O–H groups in total. The SMILES string of the molecule is NCc1cc(F)cc(CSc2ccncn2)c1. The number of aromatic nitrogens is 2. The maximum atomic E-state index is 13.3. The first-order valence-corrected chi connectivity index (χ1v) is 6.13. The number of nitrogens with two attached hydrogens (primary N) is 1. The molecule has 0 fully saturated rings. The molecule has 0 radical (unpaired) electrons. The Hall–Kier alpha value is -1.46. The minimum absolute atomic E-state index is 0.244. The summed E-state index contributed by atoms with van der Waals surface area (Å²) in [6, 6.07) is 6.72. The minimum atomic E-state index is -0.244. The average Bonchev–Trinajstić information content (AvgIpc) is 2.37. The van der Waals surface area contributed by atoms with Crippen molar-refractivity contribution in [3.63, 3.8) is 0 Å². The van der Waals surface area contributed by atoms with Crippen molar-refractivity contribution < 1.29 is 4.39 Å². The van der Waals surface area contributed by atoms with Crippen LogP contribution in [0.3, 0.4) is 0 Å². The molecule has 0 aliphatic carbocycles. The molecule has 5 heteroatoms. The van der Waals surface area contributed by atoms with Crippen molar-refractivity contribution in [2.24, 2.45) is 5.73 Å². The topological polar surface area (TPSA) is 51.8 Å². The molecule has 1 heterocycles. The van der Waals surface area contributed by atoms with Crippen molar-refractivity contribution in [2.45, 2.75) is 17.3 Å². The van der Waals surface area contributed by atoms with Gasteiger partial charge in [-0.1, -0.05) is 6.07 Å². The van der Waals surface area contributed by atoms with Crippen LogP contribution in [0.25, 0.3) is 0 Å². The Kier molecular flexibility index (Phi) is 4.06. The third-order valence-electron chi connectivity index (χ3n) is 2.19. The van der Waals surface area contributed by atoms with Crippen molar-refractivity contribution in [1.29, 1.82) is 0 Å². The minimum Gasteiger partial charge on any atom is -0.326 e. The third-order valence-corrected chi connectivity index (χ3v) is 3.21. The van der Waals surface area contributed by atoms with Crippen LogP contribution in [0.1, 0.15) is 11.1 Å². The number of rotatable bonds is 4. The number of halogens is 1. The summed E-state index contributed by atoms with van der Waals surface area (Å²) >= 11 is 1.54. The fourth-order valence-electron chi connectivity index (χ4n) is 1.44. The number of hydrogen-bond donors (Lipinski definition) is 1. The van der Waals surface area contributed by atoms with Crippen LogP contribution in [0, 0.1) is 5.82 Å². The Morgan fingerprint density at radius 1 is 1.24 bits per heavy atom. The molecule has 1 aromatic heterocycles. The predicted molar refractivity (Wildman–Crippen MR) is 65.9 cm³/mol. The molecular formula is C12H12FN3S. The second kappa shape index (κ2) is 5.75. The number of benzene rings is 1. The lowest BCUT2D eigenvalue weighted by atomic mass is 10.1. The first-order chi connectivity index (χ1) is 8.28. The van der Waals surface area contributed by atoms with Gasteiger partial charge in [-0.05, 0) is 29.3 Å². The summed E-state index contributed by atoms with van der Waals surface area (Å²) in [5, 5.41) is 0.874. The smallest absolute Gasteiger partial charge is 0.123 e. The zero-order valence-corrected chi connectivity index (χ0v) is 9.95. The van der Waals surface area contributed by atoms with Crippen LogP contribution in [0.15, 0.2) is 41.8 Å². The van der Waals surface area contributed by atoms with E-state index in [1.54, 1.807) is 18.0 Å². The van der Waals surface area contributed by atoms with Crippen LogP contribution in [0.4, 0.5) is 4.39 Å². The van der Waals surface area contributed by atoms with E-state index < -0.39 is 0 Å². The van der Waals surface area contributed by atoms with Crippen LogP contribution in [-0.4, -0.2) is 9.97 Å². The second-order valence-electron chi connectivity index (χ2n) is 3.51. The molecule has 0 saturated heterocycles. The van der Waals surface area contributed by atoms with Crippen LogP contribution >= 0.6 is 11.8 Å². The number of nitrogens with zero attached hydrogens (tertiary/aromatic N) is 2. The molecule has 17 heavy (non-hydrogen) atoms. The summed E-state index contributed by atoms with van der Waals surface area (Å²) in [6.07, 6.45) is 3.19. The zero-order chi connectivity index (χ0) is 12.1. The molecule has 0 bridgehead atoms. The summed E-state index contributed by atoms with van der Waals surface area (Å²) < 4.78 is 13.3. The van der Waals surface area contributed by atoms with E-state index >= 15 is 0 Å². The third kappa shape index (κ3) is 3.51. The van der Waals surface area contributed by atoms with Crippen molar-refractivity contribution in [1.82, 2.24) is 9.97 Å². The lowest BCUT2D eigenvalue weighted by Crippen LogP contribution is -1.98. The second-order valence-corrected chi connectivity index (χ2v) is 4.50. The first-order valence-electron chi connectivity index (χ1n) is 5.15. The van der Waals surface area contributed by atoms with E-state index in [1.165, 1.54) is 18.5 Å². The van der Waals surface area contributed by atoms with Gasteiger partial charge in [0.05, 0.1) is 5.03 Å². The summed E-state index contributed by atoms with van der Waals surface area (Å²) in [6.45, 7) is 0.350. The lowest BCUT2D eigenvalue weighted by molar-refractivity contribution is 0.624. The number of hydrogen-bond acceptors (Lipinski definition) is 4. The molecule has 88 valence electrons. The van der Waals surface area contributed by atoms with Gasteiger partial charge in [-0.15, -0.1) is 11.8 Å². The van der Waals surface area contributed by atoms with Crippen LogP contribution < -0.4 is 5.73 Å². The van der Waals surface area contributed by atoms with Gasteiger partial charge in [-0.2, -0.15) is 0 Å². The largest absolute Gasteiger partial charge is 0.326 e. The predicted octanol–water partition coefficient (Wildman–Crippen LogP) is 2.37. The Labute approximate surface area is 103 Å².